The normalized spacial score (nSPS) is 24.1. The minimum atomic E-state index is -2.68. The van der Waals surface area contributed by atoms with E-state index >= 15 is 0 Å². The van der Waals surface area contributed by atoms with Gasteiger partial charge in [-0.15, -0.1) is 9.15 Å². The quantitative estimate of drug-likeness (QED) is 0.247. The van der Waals surface area contributed by atoms with Crippen LogP contribution in [0.25, 0.3) is 10.4 Å². The molecule has 23 heavy (non-hydrogen) atoms. The van der Waals surface area contributed by atoms with Crippen molar-refractivity contribution in [1.82, 2.24) is 9.55 Å². The highest BCUT2D eigenvalue weighted by molar-refractivity contribution is 7.33. The van der Waals surface area contributed by atoms with Gasteiger partial charge in [0.25, 0.3) is 5.56 Å². The molecule has 13 heteroatoms. The van der Waals surface area contributed by atoms with E-state index in [2.05, 4.69) is 19.8 Å². The van der Waals surface area contributed by atoms with Crippen LogP contribution >= 0.6 is 8.25 Å². The summed E-state index contributed by atoms with van der Waals surface area (Å²) in [7, 11) is -2.68. The lowest BCUT2D eigenvalue weighted by atomic mass is 10.2. The van der Waals surface area contributed by atoms with Crippen LogP contribution in [0.4, 0.5) is 0 Å². The molecule has 1 fully saturated rings. The van der Waals surface area contributed by atoms with Crippen molar-refractivity contribution in [3.05, 3.63) is 43.0 Å². The molecule has 1 aliphatic heterocycles. The minimum absolute atomic E-state index is 0.0768. The lowest BCUT2D eigenvalue weighted by Gasteiger charge is -2.14. The van der Waals surface area contributed by atoms with E-state index in [1.807, 2.05) is 0 Å². The Balaban J connectivity index is 2.02. The molecule has 0 amide bonds. The van der Waals surface area contributed by atoms with Crippen LogP contribution in [-0.2, 0) is 18.5 Å². The molecular formula is C10H13N5O7P+. The molecule has 1 aromatic rings. The largest absolute Gasteiger partial charge is 0.758 e. The van der Waals surface area contributed by atoms with Crippen LogP contribution in [0.2, 0.25) is 0 Å². The minimum Gasteiger partial charge on any atom is -0.390 e. The van der Waals surface area contributed by atoms with Crippen LogP contribution in [-0.4, -0.2) is 33.5 Å². The number of H-pyrrole nitrogens is 1. The molecule has 0 radical (unpaired) electrons. The van der Waals surface area contributed by atoms with Gasteiger partial charge in [0.15, 0.2) is 5.28 Å². The van der Waals surface area contributed by atoms with Crippen LogP contribution < -0.4 is 11.2 Å². The maximum absolute atomic E-state index is 11.8. The van der Waals surface area contributed by atoms with Gasteiger partial charge < -0.3 is 9.84 Å². The average molecular weight is 346 g/mol. The summed E-state index contributed by atoms with van der Waals surface area (Å²) >= 11 is 0. The maximum Gasteiger partial charge on any atom is 0.758 e. The summed E-state index contributed by atoms with van der Waals surface area (Å²) in [5.74, 6) is 0. The van der Waals surface area contributed by atoms with Crippen molar-refractivity contribution in [2.45, 2.75) is 31.8 Å². The molecule has 0 spiro atoms. The van der Waals surface area contributed by atoms with E-state index in [1.165, 1.54) is 13.1 Å². The van der Waals surface area contributed by atoms with Gasteiger partial charge in [-0.1, -0.05) is 0 Å². The molecule has 0 aliphatic carbocycles. The van der Waals surface area contributed by atoms with Crippen molar-refractivity contribution >= 4 is 8.25 Å². The van der Waals surface area contributed by atoms with Gasteiger partial charge in [0.05, 0.1) is 6.10 Å². The fraction of sp³-hybridized carbons (Fsp3) is 0.600. The number of aromatic amines is 1. The van der Waals surface area contributed by atoms with Gasteiger partial charge in [0.1, 0.15) is 18.9 Å². The molecule has 2 rings (SSSR count). The van der Waals surface area contributed by atoms with Crippen LogP contribution in [0.15, 0.2) is 21.1 Å². The number of hydrogen-bond acceptors (Lipinski definition) is 8. The zero-order chi connectivity index (χ0) is 17.0. The Kier molecular flexibility index (Phi) is 5.48. The fourth-order valence-electron chi connectivity index (χ4n) is 2.04. The molecule has 1 unspecified atom stereocenters. The lowest BCUT2D eigenvalue weighted by Crippen LogP contribution is -2.33. The first-order chi connectivity index (χ1) is 10.9. The predicted molar refractivity (Wildman–Crippen MR) is 74.4 cm³/mol. The number of aliphatic hydroxyl groups is 1. The maximum atomic E-state index is 11.8. The first-order valence-electron chi connectivity index (χ1n) is 6.39. The summed E-state index contributed by atoms with van der Waals surface area (Å²) in [4.78, 5) is 27.5. The Bertz CT molecular complexity index is 755. The summed E-state index contributed by atoms with van der Waals surface area (Å²) in [6, 6.07) is 0. The number of rotatable bonds is 6. The van der Waals surface area contributed by atoms with E-state index < -0.39 is 37.9 Å². The third-order valence-electron chi connectivity index (χ3n) is 3.14. The highest BCUT2D eigenvalue weighted by Crippen LogP contribution is 2.31. The highest BCUT2D eigenvalue weighted by atomic mass is 31.1. The summed E-state index contributed by atoms with van der Waals surface area (Å²) in [6.07, 6.45) is -1.26. The molecule has 12 nitrogen and oxygen atoms in total. The van der Waals surface area contributed by atoms with Gasteiger partial charge in [-0.2, -0.15) is 0 Å². The summed E-state index contributed by atoms with van der Waals surface area (Å²) in [6.45, 7) is 1.23. The number of ether oxygens (including phenoxy) is 1. The average Bonchev–Trinajstić information content (AvgIpc) is 2.87. The molecule has 2 N–H and O–H groups in total. The fourth-order valence-corrected chi connectivity index (χ4v) is 2.45. The van der Waals surface area contributed by atoms with Crippen molar-refractivity contribution < 1.29 is 23.6 Å². The summed E-state index contributed by atoms with van der Waals surface area (Å²) in [5.41, 5.74) is 7.13. The summed E-state index contributed by atoms with van der Waals surface area (Å²) < 4.78 is 26.6. The zero-order valence-corrected chi connectivity index (χ0v) is 12.8. The molecule has 1 aromatic heterocycles. The molecular weight excluding hydrogens is 333 g/mol. The first kappa shape index (κ1) is 17.1. The van der Waals surface area contributed by atoms with Crippen LogP contribution in [0.1, 0.15) is 18.2 Å². The standard InChI is InChI=1S/C10H12N5O7P/c1-5-3-15(10(18)12-9(5)17)8-2-6(16)7(21-8)4-20-23(19)22-14-13-11/h3,6-8,16H,2,4H2,1H3/p+1/t6-,7+,8+/m0/s1. The monoisotopic (exact) mass is 346 g/mol. The van der Waals surface area contributed by atoms with Gasteiger partial charge in [0, 0.05) is 27.7 Å². The molecule has 4 atom stereocenters. The van der Waals surface area contributed by atoms with Gasteiger partial charge in [0.2, 0.25) is 0 Å². The Morgan fingerprint density at radius 3 is 3.09 bits per heavy atom. The van der Waals surface area contributed by atoms with Crippen molar-refractivity contribution in [3.63, 3.8) is 0 Å². The number of hydrogen-bond donors (Lipinski definition) is 2. The number of nitrogens with zero attached hydrogens (tertiary/aromatic N) is 4. The molecule has 0 bridgehead atoms. The third kappa shape index (κ3) is 4.15. The predicted octanol–water partition coefficient (Wildman–Crippen LogP) is 0.409. The van der Waals surface area contributed by atoms with Crippen molar-refractivity contribution in [2.24, 2.45) is 5.28 Å². The highest BCUT2D eigenvalue weighted by Gasteiger charge is 2.38. The number of aliphatic hydroxyl groups excluding tert-OH is 1. The number of aryl methyl sites for hydroxylation is 1. The topological polar surface area (TPSA) is 169 Å². The number of aromatic nitrogens is 2. The van der Waals surface area contributed by atoms with E-state index in [4.69, 9.17) is 14.8 Å². The first-order valence-corrected chi connectivity index (χ1v) is 7.49. The summed E-state index contributed by atoms with van der Waals surface area (Å²) in [5, 5.41) is 12.5. The van der Waals surface area contributed by atoms with Gasteiger partial charge in [-0.25, -0.2) is 4.79 Å². The number of azide groups is 1. The molecule has 1 aliphatic rings. The van der Waals surface area contributed by atoms with Crippen LogP contribution in [0.3, 0.4) is 0 Å². The van der Waals surface area contributed by atoms with E-state index in [9.17, 15) is 19.3 Å². The Hall–Kier alpha value is -2.23. The van der Waals surface area contributed by atoms with Gasteiger partial charge in [-0.05, 0) is 12.5 Å². The molecule has 0 saturated carbocycles. The van der Waals surface area contributed by atoms with E-state index in [-0.39, 0.29) is 13.0 Å². The molecule has 0 aromatic carbocycles. The second kappa shape index (κ2) is 7.36. The lowest BCUT2D eigenvalue weighted by molar-refractivity contribution is -0.0420. The second-order valence-corrected chi connectivity index (χ2v) is 5.55. The zero-order valence-electron chi connectivity index (χ0n) is 11.9. The van der Waals surface area contributed by atoms with Crippen LogP contribution in [0.5, 0.6) is 0 Å². The van der Waals surface area contributed by atoms with Gasteiger partial charge in [-0.3, -0.25) is 14.3 Å². The molecule has 124 valence electrons. The third-order valence-corrected chi connectivity index (χ3v) is 3.71. The van der Waals surface area contributed by atoms with Crippen molar-refractivity contribution in [1.29, 1.82) is 0 Å². The SMILES string of the molecule is Cc1cn([C@H]2C[C@H](O)[C@@H](CO[P+](=O)ON=[N+]=[N-])O2)c(=O)[nH]c1=O. The molecule has 2 heterocycles. The van der Waals surface area contributed by atoms with E-state index in [0.29, 0.717) is 5.56 Å². The van der Waals surface area contributed by atoms with E-state index in [1.54, 1.807) is 0 Å². The van der Waals surface area contributed by atoms with Gasteiger partial charge >= 0.3 is 13.9 Å². The Morgan fingerprint density at radius 2 is 2.39 bits per heavy atom. The number of nitrogens with one attached hydrogen (secondary N) is 1. The van der Waals surface area contributed by atoms with E-state index in [0.717, 1.165) is 4.57 Å². The van der Waals surface area contributed by atoms with Crippen LogP contribution in [0, 0.1) is 6.92 Å². The second-order valence-electron chi connectivity index (χ2n) is 4.68. The Morgan fingerprint density at radius 1 is 1.65 bits per heavy atom. The Labute approximate surface area is 129 Å². The van der Waals surface area contributed by atoms with Crippen molar-refractivity contribution in [3.8, 4) is 0 Å². The molecule has 1 saturated heterocycles. The smallest absolute Gasteiger partial charge is 0.390 e. The van der Waals surface area contributed by atoms with Crippen molar-refractivity contribution in [2.75, 3.05) is 6.61 Å².